The zero-order chi connectivity index (χ0) is 16.7. The molecule has 0 heterocycles. The molecule has 0 aliphatic carbocycles. The SMILES string of the molecule is CCC(C)NC(=O)c1cccc(SCC(=O)c2ccccc2)c1. The van der Waals surface area contributed by atoms with E-state index >= 15 is 0 Å². The minimum Gasteiger partial charge on any atom is -0.350 e. The average molecular weight is 327 g/mol. The average Bonchev–Trinajstić information content (AvgIpc) is 2.60. The molecule has 120 valence electrons. The van der Waals surface area contributed by atoms with E-state index in [1.54, 1.807) is 6.07 Å². The zero-order valence-corrected chi connectivity index (χ0v) is 14.2. The van der Waals surface area contributed by atoms with Crippen molar-refractivity contribution in [3.05, 3.63) is 65.7 Å². The normalized spacial score (nSPS) is 11.7. The van der Waals surface area contributed by atoms with E-state index in [0.717, 1.165) is 11.3 Å². The smallest absolute Gasteiger partial charge is 0.251 e. The van der Waals surface area contributed by atoms with Crippen LogP contribution in [0, 0.1) is 0 Å². The lowest BCUT2D eigenvalue weighted by Crippen LogP contribution is -2.31. The van der Waals surface area contributed by atoms with Crippen molar-refractivity contribution in [2.45, 2.75) is 31.2 Å². The first kappa shape index (κ1) is 17.3. The van der Waals surface area contributed by atoms with Crippen LogP contribution in [0.15, 0.2) is 59.5 Å². The number of rotatable bonds is 7. The third kappa shape index (κ3) is 5.25. The number of carbonyl (C=O) groups excluding carboxylic acids is 2. The van der Waals surface area contributed by atoms with Gasteiger partial charge in [0.05, 0.1) is 5.75 Å². The molecule has 0 aliphatic heterocycles. The van der Waals surface area contributed by atoms with E-state index in [-0.39, 0.29) is 17.7 Å². The Bertz CT molecular complexity index is 670. The summed E-state index contributed by atoms with van der Waals surface area (Å²) in [7, 11) is 0. The number of hydrogen-bond acceptors (Lipinski definition) is 3. The van der Waals surface area contributed by atoms with Crippen LogP contribution in [0.5, 0.6) is 0 Å². The molecule has 3 nitrogen and oxygen atoms in total. The van der Waals surface area contributed by atoms with Gasteiger partial charge in [-0.2, -0.15) is 0 Å². The molecule has 4 heteroatoms. The summed E-state index contributed by atoms with van der Waals surface area (Å²) < 4.78 is 0. The van der Waals surface area contributed by atoms with Crippen LogP contribution in [-0.2, 0) is 0 Å². The molecule has 1 atom stereocenters. The van der Waals surface area contributed by atoms with E-state index in [1.807, 2.05) is 62.4 Å². The Morgan fingerprint density at radius 2 is 1.74 bits per heavy atom. The lowest BCUT2D eigenvalue weighted by atomic mass is 10.2. The van der Waals surface area contributed by atoms with Crippen molar-refractivity contribution in [2.75, 3.05) is 5.75 Å². The van der Waals surface area contributed by atoms with Gasteiger partial charge in [0.25, 0.3) is 5.91 Å². The van der Waals surface area contributed by atoms with Crippen LogP contribution in [0.3, 0.4) is 0 Å². The summed E-state index contributed by atoms with van der Waals surface area (Å²) in [5.41, 5.74) is 1.34. The Morgan fingerprint density at radius 1 is 1.04 bits per heavy atom. The van der Waals surface area contributed by atoms with Gasteiger partial charge in [0.1, 0.15) is 0 Å². The molecule has 1 unspecified atom stereocenters. The first-order valence-electron chi connectivity index (χ1n) is 7.72. The van der Waals surface area contributed by atoms with Crippen molar-refractivity contribution in [1.29, 1.82) is 0 Å². The summed E-state index contributed by atoms with van der Waals surface area (Å²) in [4.78, 5) is 25.2. The number of carbonyl (C=O) groups is 2. The lowest BCUT2D eigenvalue weighted by molar-refractivity contribution is 0.0938. The standard InChI is InChI=1S/C19H21NO2S/c1-3-14(2)20-19(22)16-10-7-11-17(12-16)23-13-18(21)15-8-5-4-6-9-15/h4-12,14H,3,13H2,1-2H3,(H,20,22). The van der Waals surface area contributed by atoms with Crippen LogP contribution < -0.4 is 5.32 Å². The maximum atomic E-state index is 12.1. The number of ketones is 1. The van der Waals surface area contributed by atoms with E-state index in [9.17, 15) is 9.59 Å². The first-order chi connectivity index (χ1) is 11.1. The van der Waals surface area contributed by atoms with Crippen LogP contribution in [0.2, 0.25) is 0 Å². The Hall–Kier alpha value is -2.07. The summed E-state index contributed by atoms with van der Waals surface area (Å²) in [5.74, 6) is 0.377. The minimum absolute atomic E-state index is 0.0730. The van der Waals surface area contributed by atoms with E-state index in [4.69, 9.17) is 0 Å². The van der Waals surface area contributed by atoms with Crippen LogP contribution in [0.25, 0.3) is 0 Å². The summed E-state index contributed by atoms with van der Waals surface area (Å²) in [6, 6.07) is 16.8. The maximum absolute atomic E-state index is 12.1. The second kappa shape index (κ2) is 8.53. The number of nitrogens with one attached hydrogen (secondary N) is 1. The van der Waals surface area contributed by atoms with Crippen LogP contribution >= 0.6 is 11.8 Å². The molecule has 0 spiro atoms. The highest BCUT2D eigenvalue weighted by atomic mass is 32.2. The molecule has 2 aromatic carbocycles. The van der Waals surface area contributed by atoms with E-state index < -0.39 is 0 Å². The van der Waals surface area contributed by atoms with Crippen LogP contribution in [0.1, 0.15) is 41.0 Å². The van der Waals surface area contributed by atoms with Crippen molar-refractivity contribution >= 4 is 23.5 Å². The van der Waals surface area contributed by atoms with Crippen molar-refractivity contribution in [1.82, 2.24) is 5.32 Å². The molecule has 0 saturated carbocycles. The molecule has 1 N–H and O–H groups in total. The van der Waals surface area contributed by atoms with Gasteiger partial charge in [-0.1, -0.05) is 43.3 Å². The fraction of sp³-hybridized carbons (Fsp3) is 0.263. The summed E-state index contributed by atoms with van der Waals surface area (Å²) in [6.45, 7) is 4.02. The van der Waals surface area contributed by atoms with Gasteiger partial charge in [-0.05, 0) is 31.5 Å². The Balaban J connectivity index is 1.97. The van der Waals surface area contributed by atoms with Gasteiger partial charge in [-0.15, -0.1) is 11.8 Å². The molecule has 1 amide bonds. The number of Topliss-reactive ketones (excluding diaryl/α,β-unsaturated/α-hetero) is 1. The molecular weight excluding hydrogens is 306 g/mol. The predicted octanol–water partition coefficient (Wildman–Crippen LogP) is 4.19. The Kier molecular flexibility index (Phi) is 6.41. The number of hydrogen-bond donors (Lipinski definition) is 1. The fourth-order valence-corrected chi connectivity index (χ4v) is 2.84. The molecular formula is C19H21NO2S. The summed E-state index contributed by atoms with van der Waals surface area (Å²) in [5, 5.41) is 2.95. The van der Waals surface area contributed by atoms with Crippen molar-refractivity contribution in [3.8, 4) is 0 Å². The number of thioether (sulfide) groups is 1. The van der Waals surface area contributed by atoms with E-state index in [2.05, 4.69) is 5.32 Å². The third-order valence-electron chi connectivity index (χ3n) is 3.55. The largest absolute Gasteiger partial charge is 0.350 e. The third-order valence-corrected chi connectivity index (χ3v) is 4.55. The first-order valence-corrected chi connectivity index (χ1v) is 8.70. The molecule has 2 aromatic rings. The number of amides is 1. The molecule has 23 heavy (non-hydrogen) atoms. The van der Waals surface area contributed by atoms with Gasteiger partial charge in [0.2, 0.25) is 0 Å². The predicted molar refractivity (Wildman–Crippen MR) is 95.2 cm³/mol. The Labute approximate surface area is 141 Å². The quantitative estimate of drug-likeness (QED) is 0.613. The molecule has 0 aromatic heterocycles. The van der Waals surface area contributed by atoms with E-state index in [1.165, 1.54) is 11.8 Å². The Morgan fingerprint density at radius 3 is 2.43 bits per heavy atom. The highest BCUT2D eigenvalue weighted by Crippen LogP contribution is 2.20. The highest BCUT2D eigenvalue weighted by Gasteiger charge is 2.10. The lowest BCUT2D eigenvalue weighted by Gasteiger charge is -2.11. The second-order valence-corrected chi connectivity index (χ2v) is 6.44. The van der Waals surface area contributed by atoms with Gasteiger partial charge in [-0.3, -0.25) is 9.59 Å². The topological polar surface area (TPSA) is 46.2 Å². The zero-order valence-electron chi connectivity index (χ0n) is 13.4. The molecule has 0 bridgehead atoms. The van der Waals surface area contributed by atoms with Crippen molar-refractivity contribution in [2.24, 2.45) is 0 Å². The van der Waals surface area contributed by atoms with Gasteiger partial charge in [0.15, 0.2) is 5.78 Å². The number of benzene rings is 2. The monoisotopic (exact) mass is 327 g/mol. The molecule has 0 fully saturated rings. The van der Waals surface area contributed by atoms with Crippen molar-refractivity contribution < 1.29 is 9.59 Å². The minimum atomic E-state index is -0.0730. The molecule has 0 radical (unpaired) electrons. The summed E-state index contributed by atoms with van der Waals surface area (Å²) >= 11 is 1.45. The fourth-order valence-electron chi connectivity index (χ4n) is 1.99. The summed E-state index contributed by atoms with van der Waals surface area (Å²) in [6.07, 6.45) is 0.895. The maximum Gasteiger partial charge on any atom is 0.251 e. The highest BCUT2D eigenvalue weighted by molar-refractivity contribution is 8.00. The van der Waals surface area contributed by atoms with Gasteiger partial charge >= 0.3 is 0 Å². The molecule has 0 aliphatic rings. The van der Waals surface area contributed by atoms with Gasteiger partial charge in [-0.25, -0.2) is 0 Å². The van der Waals surface area contributed by atoms with Crippen LogP contribution in [-0.4, -0.2) is 23.5 Å². The van der Waals surface area contributed by atoms with Crippen molar-refractivity contribution in [3.63, 3.8) is 0 Å². The molecule has 0 saturated heterocycles. The van der Waals surface area contributed by atoms with E-state index in [0.29, 0.717) is 16.9 Å². The molecule has 2 rings (SSSR count). The van der Waals surface area contributed by atoms with Crippen LogP contribution in [0.4, 0.5) is 0 Å². The van der Waals surface area contributed by atoms with Gasteiger partial charge < -0.3 is 5.32 Å². The second-order valence-electron chi connectivity index (χ2n) is 5.39. The van der Waals surface area contributed by atoms with Gasteiger partial charge in [0, 0.05) is 22.1 Å².